The first-order valence-electron chi connectivity index (χ1n) is 16.2. The van der Waals surface area contributed by atoms with Crippen molar-refractivity contribution in [2.45, 2.75) is 77.3 Å². The number of anilines is 1. The van der Waals surface area contributed by atoms with Crippen LogP contribution in [0.15, 0.2) is 118 Å². The van der Waals surface area contributed by atoms with Gasteiger partial charge in [0.15, 0.2) is 11.9 Å². The minimum Gasteiger partial charge on any atom is -0.344 e. The van der Waals surface area contributed by atoms with Gasteiger partial charge in [0.1, 0.15) is 7.05 Å². The second-order valence-corrected chi connectivity index (χ2v) is 14.3. The summed E-state index contributed by atoms with van der Waals surface area (Å²) in [5, 5.41) is 13.7. The highest BCUT2D eigenvalue weighted by Crippen LogP contribution is 2.48. The van der Waals surface area contributed by atoms with Crippen LogP contribution in [0.1, 0.15) is 72.3 Å². The standard InChI is InChI=1S/C38H45N6S/c1-7-8-26-43-32-20-13-12-19-31(32)38(4,5)34(43)24-22-29-16-14-15-28(21-23-33-37(2,3)25-27-42(33)6)35(29)45-36-39-40-41-44(36)30-17-10-9-11-18-30/h9-13,17-25,27H,7-8,14-16,26H2,1-6H3/q+1. The van der Waals surface area contributed by atoms with Gasteiger partial charge in [0, 0.05) is 34.3 Å². The maximum absolute atomic E-state index is 4.49. The van der Waals surface area contributed by atoms with Crippen LogP contribution in [0.25, 0.3) is 5.69 Å². The number of thioether (sulfide) groups is 1. The lowest BCUT2D eigenvalue weighted by Crippen LogP contribution is -2.27. The molecule has 0 spiro atoms. The summed E-state index contributed by atoms with van der Waals surface area (Å²) >= 11 is 1.68. The van der Waals surface area contributed by atoms with E-state index in [1.54, 1.807) is 11.8 Å². The highest BCUT2D eigenvalue weighted by molar-refractivity contribution is 8.03. The molecule has 0 atom stereocenters. The molecule has 1 aromatic heterocycles. The maximum atomic E-state index is 4.49. The van der Waals surface area contributed by atoms with Crippen molar-refractivity contribution in [1.29, 1.82) is 0 Å². The summed E-state index contributed by atoms with van der Waals surface area (Å²) in [7, 11) is 2.13. The molecule has 7 heteroatoms. The van der Waals surface area contributed by atoms with Crippen molar-refractivity contribution < 1.29 is 4.58 Å². The SMILES string of the molecule is CCCCN1C(=CC=C2CCCC(C=CC3=[N+](C)C=CC3(C)C)=C2Sc2nnnn2-c2ccccc2)C(C)(C)c2ccccc21. The second-order valence-electron chi connectivity index (χ2n) is 13.3. The van der Waals surface area contributed by atoms with Crippen molar-refractivity contribution in [3.05, 3.63) is 118 Å². The zero-order valence-corrected chi connectivity index (χ0v) is 28.3. The van der Waals surface area contributed by atoms with Gasteiger partial charge < -0.3 is 4.90 Å². The lowest BCUT2D eigenvalue weighted by atomic mass is 9.83. The second kappa shape index (κ2) is 12.8. The summed E-state index contributed by atoms with van der Waals surface area (Å²) in [4.78, 5) is 3.80. The van der Waals surface area contributed by atoms with Crippen molar-refractivity contribution in [3.63, 3.8) is 0 Å². The molecule has 3 aromatic rings. The monoisotopic (exact) mass is 617 g/mol. The molecule has 0 saturated carbocycles. The van der Waals surface area contributed by atoms with Crippen LogP contribution in [0.3, 0.4) is 0 Å². The van der Waals surface area contributed by atoms with E-state index in [9.17, 15) is 0 Å². The average molecular weight is 618 g/mol. The quantitative estimate of drug-likeness (QED) is 0.225. The Balaban J connectivity index is 1.44. The summed E-state index contributed by atoms with van der Waals surface area (Å²) in [6, 6.07) is 19.1. The molecule has 2 aliphatic heterocycles. The fourth-order valence-electron chi connectivity index (χ4n) is 6.72. The van der Waals surface area contributed by atoms with E-state index in [1.165, 1.54) is 45.1 Å². The number of unbranched alkanes of at least 4 members (excludes halogenated alkanes) is 1. The average Bonchev–Trinajstić information content (AvgIpc) is 3.67. The van der Waals surface area contributed by atoms with E-state index in [0.29, 0.717) is 0 Å². The van der Waals surface area contributed by atoms with Gasteiger partial charge in [-0.25, -0.2) is 4.58 Å². The van der Waals surface area contributed by atoms with Gasteiger partial charge in [-0.1, -0.05) is 75.7 Å². The molecule has 6 rings (SSSR count). The lowest BCUT2D eigenvalue weighted by molar-refractivity contribution is -0.419. The molecule has 0 fully saturated rings. The topological polar surface area (TPSA) is 49.9 Å². The number of para-hydroxylation sites is 2. The third-order valence-electron chi connectivity index (χ3n) is 9.28. The molecular weight excluding hydrogens is 573 g/mol. The van der Waals surface area contributed by atoms with Crippen molar-refractivity contribution in [1.82, 2.24) is 20.2 Å². The first kappa shape index (κ1) is 31.0. The molecule has 3 aliphatic rings. The fourth-order valence-corrected chi connectivity index (χ4v) is 7.82. The van der Waals surface area contributed by atoms with Gasteiger partial charge in [0.05, 0.1) is 11.1 Å². The van der Waals surface area contributed by atoms with E-state index in [1.807, 2.05) is 35.0 Å². The molecule has 0 radical (unpaired) electrons. The van der Waals surface area contributed by atoms with E-state index in [2.05, 4.69) is 128 Å². The normalized spacial score (nSPS) is 20.8. The third kappa shape index (κ3) is 6.15. The van der Waals surface area contributed by atoms with Crippen LogP contribution >= 0.6 is 11.8 Å². The third-order valence-corrected chi connectivity index (χ3v) is 10.5. The Morgan fingerprint density at radius 3 is 2.49 bits per heavy atom. The smallest absolute Gasteiger partial charge is 0.218 e. The molecule has 2 aromatic carbocycles. The zero-order valence-electron chi connectivity index (χ0n) is 27.5. The number of rotatable bonds is 9. The molecule has 0 saturated heterocycles. The number of allylic oxidation sites excluding steroid dienone is 8. The summed E-state index contributed by atoms with van der Waals surface area (Å²) < 4.78 is 4.08. The molecule has 3 heterocycles. The van der Waals surface area contributed by atoms with Crippen LogP contribution < -0.4 is 4.90 Å². The Hall–Kier alpha value is -3.97. The molecular formula is C38H45N6S+. The zero-order chi connectivity index (χ0) is 31.6. The van der Waals surface area contributed by atoms with Gasteiger partial charge in [-0.05, 0) is 109 Å². The fraction of sp³-hybridized carbons (Fsp3) is 0.368. The van der Waals surface area contributed by atoms with Crippen LogP contribution in [-0.4, -0.2) is 44.1 Å². The van der Waals surface area contributed by atoms with Gasteiger partial charge in [0.2, 0.25) is 5.16 Å². The maximum Gasteiger partial charge on any atom is 0.218 e. The minimum absolute atomic E-state index is 0.000711. The molecule has 232 valence electrons. The van der Waals surface area contributed by atoms with Gasteiger partial charge in [0.25, 0.3) is 0 Å². The van der Waals surface area contributed by atoms with Crippen molar-refractivity contribution in [2.24, 2.45) is 5.41 Å². The number of nitrogens with zero attached hydrogens (tertiary/aromatic N) is 6. The molecule has 6 nitrogen and oxygen atoms in total. The Bertz CT molecular complexity index is 1750. The van der Waals surface area contributed by atoms with E-state index in [0.717, 1.165) is 43.1 Å². The predicted octanol–water partition coefficient (Wildman–Crippen LogP) is 8.79. The highest BCUT2D eigenvalue weighted by atomic mass is 32.2. The lowest BCUT2D eigenvalue weighted by Gasteiger charge is -2.27. The van der Waals surface area contributed by atoms with Gasteiger partial charge in [-0.3, -0.25) is 0 Å². The summed E-state index contributed by atoms with van der Waals surface area (Å²) in [5.74, 6) is 0. The molecule has 45 heavy (non-hydrogen) atoms. The Labute approximate surface area is 272 Å². The first-order chi connectivity index (χ1) is 21.7. The van der Waals surface area contributed by atoms with Crippen LogP contribution in [0.2, 0.25) is 0 Å². The number of hydrogen-bond donors (Lipinski definition) is 0. The highest BCUT2D eigenvalue weighted by Gasteiger charge is 2.39. The van der Waals surface area contributed by atoms with Crippen molar-refractivity contribution in [3.8, 4) is 5.69 Å². The Kier molecular flexibility index (Phi) is 8.82. The molecule has 0 N–H and O–H groups in total. The van der Waals surface area contributed by atoms with E-state index < -0.39 is 0 Å². The van der Waals surface area contributed by atoms with Crippen molar-refractivity contribution in [2.75, 3.05) is 18.5 Å². The van der Waals surface area contributed by atoms with Gasteiger partial charge >= 0.3 is 0 Å². The van der Waals surface area contributed by atoms with Gasteiger partial charge in [-0.2, -0.15) is 4.68 Å². The van der Waals surface area contributed by atoms with Crippen molar-refractivity contribution >= 4 is 23.2 Å². The van der Waals surface area contributed by atoms with E-state index in [4.69, 9.17) is 0 Å². The number of hydrogen-bond acceptors (Lipinski definition) is 5. The molecule has 0 bridgehead atoms. The summed E-state index contributed by atoms with van der Waals surface area (Å²) in [6.45, 7) is 12.6. The van der Waals surface area contributed by atoms with Gasteiger partial charge in [-0.15, -0.1) is 5.10 Å². The van der Waals surface area contributed by atoms with E-state index >= 15 is 0 Å². The largest absolute Gasteiger partial charge is 0.344 e. The van der Waals surface area contributed by atoms with Crippen LogP contribution in [-0.2, 0) is 5.41 Å². The van der Waals surface area contributed by atoms with Crippen LogP contribution in [0.5, 0.6) is 0 Å². The van der Waals surface area contributed by atoms with Crippen LogP contribution in [0.4, 0.5) is 5.69 Å². The minimum atomic E-state index is -0.0739. The number of fused-ring (bicyclic) bond motifs is 1. The molecule has 0 amide bonds. The molecule has 1 aliphatic carbocycles. The predicted molar refractivity (Wildman–Crippen MR) is 187 cm³/mol. The first-order valence-corrected chi connectivity index (χ1v) is 17.0. The summed E-state index contributed by atoms with van der Waals surface area (Å²) in [5.41, 5.74) is 8.96. The summed E-state index contributed by atoms with van der Waals surface area (Å²) in [6.07, 6.45) is 19.3. The van der Waals surface area contributed by atoms with Crippen LogP contribution in [0, 0.1) is 5.41 Å². The molecule has 0 unspecified atom stereocenters. The number of benzene rings is 2. The number of aromatic nitrogens is 4. The number of tetrazole rings is 1. The Morgan fingerprint density at radius 2 is 1.73 bits per heavy atom. The Morgan fingerprint density at radius 1 is 0.956 bits per heavy atom. The van der Waals surface area contributed by atoms with E-state index in [-0.39, 0.29) is 10.8 Å².